The van der Waals surface area contributed by atoms with Crippen molar-refractivity contribution in [3.63, 3.8) is 0 Å². The van der Waals surface area contributed by atoms with E-state index in [1.807, 2.05) is 6.07 Å². The van der Waals surface area contributed by atoms with Crippen molar-refractivity contribution in [2.45, 2.75) is 18.9 Å². The van der Waals surface area contributed by atoms with Crippen LogP contribution in [0.5, 0.6) is 0 Å². The number of carbonyl (C=O) groups excluding carboxylic acids is 1. The largest absolute Gasteiger partial charge is 0.394 e. The molecule has 6 nitrogen and oxygen atoms in total. The Morgan fingerprint density at radius 1 is 1.67 bits per heavy atom. The molecule has 1 heterocycles. The number of nitriles is 1. The molecular weight excluding hydrogens is 234 g/mol. The highest BCUT2D eigenvalue weighted by atomic mass is 16.5. The molecule has 0 bridgehead atoms. The minimum atomic E-state index is -0.134. The Kier molecular flexibility index (Phi) is 6.65. The minimum Gasteiger partial charge on any atom is -0.394 e. The summed E-state index contributed by atoms with van der Waals surface area (Å²) >= 11 is 0. The molecule has 1 N–H and O–H groups in total. The van der Waals surface area contributed by atoms with E-state index in [1.165, 1.54) is 0 Å². The first-order valence-corrected chi connectivity index (χ1v) is 6.23. The number of amides is 1. The molecule has 0 aromatic carbocycles. The molecule has 102 valence electrons. The number of ether oxygens (including phenoxy) is 1. The van der Waals surface area contributed by atoms with Crippen molar-refractivity contribution in [3.8, 4) is 6.07 Å². The van der Waals surface area contributed by atoms with Crippen LogP contribution in [0.3, 0.4) is 0 Å². The van der Waals surface area contributed by atoms with Crippen LogP contribution in [0.25, 0.3) is 0 Å². The van der Waals surface area contributed by atoms with Gasteiger partial charge in [-0.2, -0.15) is 5.26 Å². The number of morpholine rings is 1. The Labute approximate surface area is 108 Å². The monoisotopic (exact) mass is 255 g/mol. The Morgan fingerprint density at radius 3 is 3.11 bits per heavy atom. The lowest BCUT2D eigenvalue weighted by Crippen LogP contribution is -2.45. The fourth-order valence-electron chi connectivity index (χ4n) is 1.88. The third-order valence-electron chi connectivity index (χ3n) is 3.05. The molecule has 1 rings (SSSR count). The van der Waals surface area contributed by atoms with Crippen molar-refractivity contribution >= 4 is 5.91 Å². The van der Waals surface area contributed by atoms with Gasteiger partial charge in [0.2, 0.25) is 5.91 Å². The lowest BCUT2D eigenvalue weighted by atomic mass is 10.2. The van der Waals surface area contributed by atoms with Crippen LogP contribution in [0.4, 0.5) is 0 Å². The SMILES string of the molecule is CN(CCC#N)C(=O)CCN1CCOC(CO)C1. The predicted molar refractivity (Wildman–Crippen MR) is 65.7 cm³/mol. The Morgan fingerprint density at radius 2 is 2.44 bits per heavy atom. The average molecular weight is 255 g/mol. The standard InChI is InChI=1S/C12H21N3O3/c1-14(5-2-4-13)12(17)3-6-15-7-8-18-11(9-15)10-16/h11,16H,2-3,5-10H2,1H3. The zero-order chi connectivity index (χ0) is 13.4. The second-order valence-corrected chi connectivity index (χ2v) is 4.45. The summed E-state index contributed by atoms with van der Waals surface area (Å²) in [5.74, 6) is 0.0530. The van der Waals surface area contributed by atoms with Gasteiger partial charge in [-0.1, -0.05) is 0 Å². The lowest BCUT2D eigenvalue weighted by molar-refractivity contribution is -0.130. The van der Waals surface area contributed by atoms with Gasteiger partial charge in [-0.3, -0.25) is 9.69 Å². The van der Waals surface area contributed by atoms with E-state index in [2.05, 4.69) is 4.90 Å². The first kappa shape index (κ1) is 14.9. The first-order valence-electron chi connectivity index (χ1n) is 6.23. The van der Waals surface area contributed by atoms with Crippen molar-refractivity contribution in [3.05, 3.63) is 0 Å². The smallest absolute Gasteiger partial charge is 0.223 e. The molecule has 1 amide bonds. The maximum atomic E-state index is 11.8. The van der Waals surface area contributed by atoms with Crippen LogP contribution in [-0.4, -0.2) is 73.4 Å². The Hall–Kier alpha value is -1.16. The second-order valence-electron chi connectivity index (χ2n) is 4.45. The molecule has 0 aromatic heterocycles. The van der Waals surface area contributed by atoms with Crippen molar-refractivity contribution in [2.24, 2.45) is 0 Å². The molecule has 1 saturated heterocycles. The van der Waals surface area contributed by atoms with Gasteiger partial charge < -0.3 is 14.7 Å². The van der Waals surface area contributed by atoms with Crippen molar-refractivity contribution in [2.75, 3.05) is 46.4 Å². The number of aliphatic hydroxyl groups is 1. The van der Waals surface area contributed by atoms with Crippen molar-refractivity contribution in [1.29, 1.82) is 5.26 Å². The van der Waals surface area contributed by atoms with Gasteiger partial charge >= 0.3 is 0 Å². The molecule has 1 atom stereocenters. The molecule has 18 heavy (non-hydrogen) atoms. The molecule has 0 spiro atoms. The minimum absolute atomic E-state index is 0.0204. The highest BCUT2D eigenvalue weighted by molar-refractivity contribution is 5.76. The predicted octanol–water partition coefficient (Wildman–Crippen LogP) is -0.558. The van der Waals surface area contributed by atoms with E-state index < -0.39 is 0 Å². The van der Waals surface area contributed by atoms with Gasteiger partial charge in [-0.25, -0.2) is 0 Å². The van der Waals surface area contributed by atoms with Gasteiger partial charge in [0.1, 0.15) is 0 Å². The Bertz CT molecular complexity index is 303. The van der Waals surface area contributed by atoms with Crippen LogP contribution >= 0.6 is 0 Å². The van der Waals surface area contributed by atoms with E-state index in [1.54, 1.807) is 11.9 Å². The summed E-state index contributed by atoms with van der Waals surface area (Å²) in [5.41, 5.74) is 0. The van der Waals surface area contributed by atoms with Gasteiger partial charge in [0.15, 0.2) is 0 Å². The zero-order valence-electron chi connectivity index (χ0n) is 10.8. The number of rotatable bonds is 6. The van der Waals surface area contributed by atoms with E-state index in [4.69, 9.17) is 15.1 Å². The number of hydrogen-bond acceptors (Lipinski definition) is 5. The van der Waals surface area contributed by atoms with E-state index in [9.17, 15) is 4.79 Å². The van der Waals surface area contributed by atoms with Crippen molar-refractivity contribution in [1.82, 2.24) is 9.80 Å². The normalized spacial score (nSPS) is 20.4. The van der Waals surface area contributed by atoms with Gasteiger partial charge in [0.25, 0.3) is 0 Å². The van der Waals surface area contributed by atoms with Gasteiger partial charge in [0.05, 0.1) is 31.8 Å². The molecule has 1 aliphatic heterocycles. The highest BCUT2D eigenvalue weighted by Gasteiger charge is 2.20. The molecule has 0 saturated carbocycles. The van der Waals surface area contributed by atoms with Crippen LogP contribution in [0.15, 0.2) is 0 Å². The zero-order valence-corrected chi connectivity index (χ0v) is 10.8. The summed E-state index contributed by atoms with van der Waals surface area (Å²) < 4.78 is 5.34. The van der Waals surface area contributed by atoms with Gasteiger partial charge in [-0.05, 0) is 0 Å². The third-order valence-corrected chi connectivity index (χ3v) is 3.05. The molecule has 1 aliphatic rings. The van der Waals surface area contributed by atoms with Gasteiger partial charge in [-0.15, -0.1) is 0 Å². The topological polar surface area (TPSA) is 76.8 Å². The average Bonchev–Trinajstić information content (AvgIpc) is 2.42. The number of aliphatic hydroxyl groups excluding tert-OH is 1. The number of hydrogen-bond donors (Lipinski definition) is 1. The summed E-state index contributed by atoms with van der Waals surface area (Å²) in [6.07, 6.45) is 0.678. The highest BCUT2D eigenvalue weighted by Crippen LogP contribution is 2.05. The number of nitrogens with zero attached hydrogens (tertiary/aromatic N) is 3. The summed E-state index contributed by atoms with van der Waals surface area (Å²) in [4.78, 5) is 15.5. The maximum absolute atomic E-state index is 11.8. The maximum Gasteiger partial charge on any atom is 0.223 e. The second kappa shape index (κ2) is 8.03. The lowest BCUT2D eigenvalue weighted by Gasteiger charge is -2.32. The molecule has 0 aliphatic carbocycles. The van der Waals surface area contributed by atoms with E-state index in [0.717, 1.165) is 6.54 Å². The quantitative estimate of drug-likeness (QED) is 0.688. The fraction of sp³-hybridized carbons (Fsp3) is 0.833. The molecule has 0 radical (unpaired) electrons. The summed E-state index contributed by atoms with van der Waals surface area (Å²) in [6, 6.07) is 2.02. The van der Waals surface area contributed by atoms with Crippen molar-refractivity contribution < 1.29 is 14.6 Å². The fourth-order valence-corrected chi connectivity index (χ4v) is 1.88. The summed E-state index contributed by atoms with van der Waals surface area (Å²) in [6.45, 7) is 3.25. The number of carbonyl (C=O) groups is 1. The molecule has 0 aromatic rings. The van der Waals surface area contributed by atoms with E-state index in [0.29, 0.717) is 39.1 Å². The summed E-state index contributed by atoms with van der Waals surface area (Å²) in [7, 11) is 1.72. The summed E-state index contributed by atoms with van der Waals surface area (Å²) in [5, 5.41) is 17.5. The third kappa shape index (κ3) is 5.00. The van der Waals surface area contributed by atoms with E-state index >= 15 is 0 Å². The van der Waals surface area contributed by atoms with Crippen LogP contribution in [0.2, 0.25) is 0 Å². The van der Waals surface area contributed by atoms with Crippen LogP contribution < -0.4 is 0 Å². The van der Waals surface area contributed by atoms with Crippen LogP contribution in [0, 0.1) is 11.3 Å². The molecule has 6 heteroatoms. The Balaban J connectivity index is 2.23. The van der Waals surface area contributed by atoms with Crippen LogP contribution in [0.1, 0.15) is 12.8 Å². The molecular formula is C12H21N3O3. The van der Waals surface area contributed by atoms with Crippen LogP contribution in [-0.2, 0) is 9.53 Å². The molecule has 1 fully saturated rings. The first-order chi connectivity index (χ1) is 8.67. The molecule has 1 unspecified atom stereocenters. The van der Waals surface area contributed by atoms with Gasteiger partial charge in [0, 0.05) is 39.6 Å². The van der Waals surface area contributed by atoms with E-state index in [-0.39, 0.29) is 18.6 Å².